The molecule has 0 saturated heterocycles. The molecule has 0 aliphatic heterocycles. The van der Waals surface area contributed by atoms with Crippen LogP contribution in [0, 0.1) is 0 Å². The third kappa shape index (κ3) is 1.92. The third-order valence-corrected chi connectivity index (χ3v) is 3.09. The highest BCUT2D eigenvalue weighted by molar-refractivity contribution is 5.57. The molecule has 3 rings (SSSR count). The van der Waals surface area contributed by atoms with Gasteiger partial charge in [-0.1, -0.05) is 0 Å². The molecular weight excluding hydrogens is 226 g/mol. The van der Waals surface area contributed by atoms with Gasteiger partial charge in [0, 0.05) is 24.0 Å². The number of nitrogens with one attached hydrogen (secondary N) is 1. The van der Waals surface area contributed by atoms with Gasteiger partial charge in [0.2, 0.25) is 0 Å². The van der Waals surface area contributed by atoms with E-state index in [1.54, 1.807) is 6.20 Å². The zero-order valence-corrected chi connectivity index (χ0v) is 10.3. The van der Waals surface area contributed by atoms with Crippen LogP contribution in [0.2, 0.25) is 0 Å². The van der Waals surface area contributed by atoms with Crippen molar-refractivity contribution in [3.05, 3.63) is 29.8 Å². The van der Waals surface area contributed by atoms with Crippen molar-refractivity contribution in [3.63, 3.8) is 0 Å². The first-order valence-electron chi connectivity index (χ1n) is 6.28. The number of hydrogen-bond acceptors (Lipinski definition) is 5. The summed E-state index contributed by atoms with van der Waals surface area (Å²) in [5, 5.41) is 3.32. The summed E-state index contributed by atoms with van der Waals surface area (Å²) in [7, 11) is 0. The number of fused-ring (bicyclic) bond motifs is 1. The minimum atomic E-state index is 0.689. The van der Waals surface area contributed by atoms with Gasteiger partial charge in [-0.15, -0.1) is 0 Å². The number of anilines is 1. The average molecular weight is 241 g/mol. The third-order valence-electron chi connectivity index (χ3n) is 3.09. The molecule has 0 amide bonds. The normalized spacial score (nSPS) is 13.4. The van der Waals surface area contributed by atoms with E-state index in [1.165, 1.54) is 11.9 Å². The lowest BCUT2D eigenvalue weighted by atomic mass is 10.2. The van der Waals surface area contributed by atoms with Crippen LogP contribution in [0.15, 0.2) is 18.6 Å². The molecule has 5 nitrogen and oxygen atoms in total. The number of nitrogens with zero attached hydrogens (tertiary/aromatic N) is 4. The zero-order chi connectivity index (χ0) is 12.4. The van der Waals surface area contributed by atoms with Crippen LogP contribution in [0.5, 0.6) is 0 Å². The first-order valence-corrected chi connectivity index (χ1v) is 6.28. The largest absolute Gasteiger partial charge is 0.370 e. The van der Waals surface area contributed by atoms with Gasteiger partial charge in [0.05, 0.1) is 0 Å². The summed E-state index contributed by atoms with van der Waals surface area (Å²) < 4.78 is 0. The van der Waals surface area contributed by atoms with E-state index in [-0.39, 0.29) is 0 Å². The van der Waals surface area contributed by atoms with E-state index in [0.717, 1.165) is 43.0 Å². The molecule has 2 aromatic heterocycles. The maximum Gasteiger partial charge on any atom is 0.180 e. The van der Waals surface area contributed by atoms with E-state index in [2.05, 4.69) is 32.2 Å². The van der Waals surface area contributed by atoms with Crippen LogP contribution in [0.4, 0.5) is 5.82 Å². The van der Waals surface area contributed by atoms with Gasteiger partial charge >= 0.3 is 0 Å². The summed E-state index contributed by atoms with van der Waals surface area (Å²) in [5.74, 6) is 1.66. The van der Waals surface area contributed by atoms with Crippen molar-refractivity contribution in [1.82, 2.24) is 19.9 Å². The molecule has 0 spiro atoms. The van der Waals surface area contributed by atoms with Gasteiger partial charge < -0.3 is 5.32 Å². The summed E-state index contributed by atoms with van der Waals surface area (Å²) in [6, 6.07) is 1.84. The fraction of sp³-hybridized carbons (Fsp3) is 0.385. The Kier molecular flexibility index (Phi) is 2.88. The van der Waals surface area contributed by atoms with Crippen molar-refractivity contribution >= 4 is 5.82 Å². The van der Waals surface area contributed by atoms with Gasteiger partial charge in [-0.25, -0.2) is 19.9 Å². The van der Waals surface area contributed by atoms with Gasteiger partial charge in [0.15, 0.2) is 5.82 Å². The number of aromatic nitrogens is 4. The second-order valence-corrected chi connectivity index (χ2v) is 4.30. The Morgan fingerprint density at radius 3 is 3.00 bits per heavy atom. The highest BCUT2D eigenvalue weighted by Crippen LogP contribution is 2.28. The highest BCUT2D eigenvalue weighted by atomic mass is 15.0. The molecule has 2 heterocycles. The molecule has 5 heteroatoms. The summed E-state index contributed by atoms with van der Waals surface area (Å²) in [6.45, 7) is 2.94. The number of hydrogen-bond donors (Lipinski definition) is 1. The number of rotatable bonds is 3. The molecule has 0 radical (unpaired) electrons. The van der Waals surface area contributed by atoms with Gasteiger partial charge in [-0.05, 0) is 32.3 Å². The van der Waals surface area contributed by atoms with E-state index >= 15 is 0 Å². The molecule has 2 aromatic rings. The predicted octanol–water partition coefficient (Wildman–Crippen LogP) is 1.85. The zero-order valence-electron chi connectivity index (χ0n) is 10.3. The van der Waals surface area contributed by atoms with Crippen LogP contribution in [-0.2, 0) is 12.8 Å². The Hall–Kier alpha value is -2.04. The molecule has 1 aliphatic carbocycles. The quantitative estimate of drug-likeness (QED) is 0.888. The van der Waals surface area contributed by atoms with Crippen molar-refractivity contribution < 1.29 is 0 Å². The lowest BCUT2D eigenvalue weighted by molar-refractivity contribution is 0.899. The maximum absolute atomic E-state index is 4.63. The second kappa shape index (κ2) is 4.68. The summed E-state index contributed by atoms with van der Waals surface area (Å²) in [6.07, 6.45) is 6.51. The first kappa shape index (κ1) is 11.1. The molecule has 0 atom stereocenters. The van der Waals surface area contributed by atoms with E-state index in [9.17, 15) is 0 Å². The fourth-order valence-electron chi connectivity index (χ4n) is 2.28. The van der Waals surface area contributed by atoms with Gasteiger partial charge in [0.1, 0.15) is 17.8 Å². The Balaban J connectivity index is 2.09. The lowest BCUT2D eigenvalue weighted by Gasteiger charge is -2.10. The lowest BCUT2D eigenvalue weighted by Crippen LogP contribution is -2.07. The first-order chi connectivity index (χ1) is 8.88. The SMILES string of the molecule is CCNc1nc(-c2ccncn2)nc2c1CCC2. The van der Waals surface area contributed by atoms with Gasteiger partial charge in [-0.2, -0.15) is 0 Å². The van der Waals surface area contributed by atoms with Crippen LogP contribution in [0.1, 0.15) is 24.6 Å². The van der Waals surface area contributed by atoms with Crippen LogP contribution in [-0.4, -0.2) is 26.5 Å². The van der Waals surface area contributed by atoms with Crippen LogP contribution in [0.25, 0.3) is 11.5 Å². The molecule has 0 fully saturated rings. The molecule has 18 heavy (non-hydrogen) atoms. The predicted molar refractivity (Wildman–Crippen MR) is 69.2 cm³/mol. The molecule has 1 N–H and O–H groups in total. The van der Waals surface area contributed by atoms with Crippen molar-refractivity contribution in [2.24, 2.45) is 0 Å². The average Bonchev–Trinajstić information content (AvgIpc) is 2.88. The van der Waals surface area contributed by atoms with E-state index < -0.39 is 0 Å². The molecule has 0 aromatic carbocycles. The Bertz CT molecular complexity index is 553. The number of aryl methyl sites for hydroxylation is 1. The molecular formula is C13H15N5. The standard InChI is InChI=1S/C13H15N5/c1-2-15-12-9-4-3-5-10(9)17-13(18-12)11-6-7-14-8-16-11/h6-8H,2-5H2,1H3,(H,15,17,18). The minimum Gasteiger partial charge on any atom is -0.370 e. The van der Waals surface area contributed by atoms with Crippen LogP contribution < -0.4 is 5.32 Å². The van der Waals surface area contributed by atoms with E-state index in [4.69, 9.17) is 0 Å². The fourth-order valence-corrected chi connectivity index (χ4v) is 2.28. The van der Waals surface area contributed by atoms with Crippen LogP contribution >= 0.6 is 0 Å². The maximum atomic E-state index is 4.63. The highest BCUT2D eigenvalue weighted by Gasteiger charge is 2.19. The Morgan fingerprint density at radius 1 is 1.28 bits per heavy atom. The smallest absolute Gasteiger partial charge is 0.180 e. The molecule has 0 saturated carbocycles. The monoisotopic (exact) mass is 241 g/mol. The molecule has 92 valence electrons. The topological polar surface area (TPSA) is 63.6 Å². The van der Waals surface area contributed by atoms with Gasteiger partial charge in [0.25, 0.3) is 0 Å². The van der Waals surface area contributed by atoms with E-state index in [0.29, 0.717) is 5.82 Å². The van der Waals surface area contributed by atoms with Crippen molar-refractivity contribution in [2.45, 2.75) is 26.2 Å². The summed E-state index contributed by atoms with van der Waals surface area (Å²) >= 11 is 0. The summed E-state index contributed by atoms with van der Waals surface area (Å²) in [5.41, 5.74) is 3.21. The van der Waals surface area contributed by atoms with Gasteiger partial charge in [-0.3, -0.25) is 0 Å². The molecule has 0 unspecified atom stereocenters. The molecule has 1 aliphatic rings. The summed E-state index contributed by atoms with van der Waals surface area (Å²) in [4.78, 5) is 17.3. The molecule has 0 bridgehead atoms. The van der Waals surface area contributed by atoms with Crippen molar-refractivity contribution in [1.29, 1.82) is 0 Å². The van der Waals surface area contributed by atoms with E-state index in [1.807, 2.05) is 6.07 Å². The van der Waals surface area contributed by atoms with Crippen LogP contribution in [0.3, 0.4) is 0 Å². The second-order valence-electron chi connectivity index (χ2n) is 4.30. The Labute approximate surface area is 106 Å². The van der Waals surface area contributed by atoms with Crippen molar-refractivity contribution in [3.8, 4) is 11.5 Å². The minimum absolute atomic E-state index is 0.689. The van der Waals surface area contributed by atoms with Crippen molar-refractivity contribution in [2.75, 3.05) is 11.9 Å². The Morgan fingerprint density at radius 2 is 2.22 bits per heavy atom.